The predicted octanol–water partition coefficient (Wildman–Crippen LogP) is 8.63. The first-order valence-electron chi connectivity index (χ1n) is 11.8. The van der Waals surface area contributed by atoms with E-state index in [0.717, 1.165) is 5.92 Å². The van der Waals surface area contributed by atoms with Gasteiger partial charge in [0.2, 0.25) is 0 Å². The van der Waals surface area contributed by atoms with Crippen molar-refractivity contribution < 1.29 is 0 Å². The van der Waals surface area contributed by atoms with E-state index in [4.69, 9.17) is 0 Å². The topological polar surface area (TPSA) is 0 Å². The third-order valence-electron chi connectivity index (χ3n) is 6.11. The summed E-state index contributed by atoms with van der Waals surface area (Å²) < 4.78 is 0. The van der Waals surface area contributed by atoms with Crippen LogP contribution in [0.4, 0.5) is 0 Å². The number of hydrogen-bond acceptors (Lipinski definition) is 0. The first-order valence-corrected chi connectivity index (χ1v) is 11.8. The van der Waals surface area contributed by atoms with Gasteiger partial charge in [0, 0.05) is 0 Å². The molecule has 0 aromatic heterocycles. The van der Waals surface area contributed by atoms with Crippen LogP contribution < -0.4 is 0 Å². The fourth-order valence-electron chi connectivity index (χ4n) is 4.17. The molecule has 2 rings (SSSR count). The summed E-state index contributed by atoms with van der Waals surface area (Å²) in [4.78, 5) is 0. The molecule has 0 radical (unpaired) electrons. The molecule has 0 saturated heterocycles. The van der Waals surface area contributed by atoms with E-state index in [1.165, 1.54) is 99.3 Å². The van der Waals surface area contributed by atoms with Gasteiger partial charge in [0.15, 0.2) is 0 Å². The Morgan fingerprint density at radius 1 is 0.536 bits per heavy atom. The molecule has 0 heterocycles. The average Bonchev–Trinajstić information content (AvgIpc) is 2.70. The van der Waals surface area contributed by atoms with Crippen LogP contribution in [0.1, 0.15) is 93.4 Å². The lowest BCUT2D eigenvalue weighted by Gasteiger charge is -2.17. The van der Waals surface area contributed by atoms with Crippen molar-refractivity contribution in [3.8, 4) is 0 Å². The molecule has 0 nitrogen and oxygen atoms in total. The molecule has 154 valence electrons. The van der Waals surface area contributed by atoms with E-state index in [9.17, 15) is 0 Å². The van der Waals surface area contributed by atoms with Gasteiger partial charge >= 0.3 is 0 Å². The minimum Gasteiger partial charge on any atom is -0.0654 e. The predicted molar refractivity (Wildman–Crippen MR) is 125 cm³/mol. The zero-order valence-electron chi connectivity index (χ0n) is 18.7. The Bertz CT molecular complexity index is 569. The molecule has 2 aromatic rings. The van der Waals surface area contributed by atoms with Crippen LogP contribution >= 0.6 is 0 Å². The van der Waals surface area contributed by atoms with Gasteiger partial charge in [0.25, 0.3) is 0 Å². The molecule has 0 fully saturated rings. The van der Waals surface area contributed by atoms with Crippen molar-refractivity contribution in [3.63, 3.8) is 0 Å². The maximum atomic E-state index is 2.31. The minimum absolute atomic E-state index is 0.914. The number of hydrogen-bond donors (Lipinski definition) is 0. The molecule has 2 aromatic carbocycles. The van der Waals surface area contributed by atoms with E-state index in [-0.39, 0.29) is 0 Å². The lowest BCUT2D eigenvalue weighted by atomic mass is 9.89. The second-order valence-electron chi connectivity index (χ2n) is 8.82. The highest BCUT2D eigenvalue weighted by molar-refractivity contribution is 5.22. The Labute approximate surface area is 174 Å². The van der Waals surface area contributed by atoms with Gasteiger partial charge < -0.3 is 0 Å². The Kier molecular flexibility index (Phi) is 11.0. The van der Waals surface area contributed by atoms with Gasteiger partial charge in [-0.15, -0.1) is 0 Å². The summed E-state index contributed by atoms with van der Waals surface area (Å²) in [5.74, 6) is 0.914. The lowest BCUT2D eigenvalue weighted by molar-refractivity contribution is 0.380. The van der Waals surface area contributed by atoms with E-state index in [1.807, 2.05) is 0 Å². The SMILES string of the molecule is CCCCCCCC(CCCc1ccc(C)cc1)CCCc1ccc(C)cc1. The van der Waals surface area contributed by atoms with Gasteiger partial charge in [-0.25, -0.2) is 0 Å². The number of aryl methyl sites for hydroxylation is 4. The molecule has 0 aliphatic rings. The van der Waals surface area contributed by atoms with Crippen LogP contribution in [0.15, 0.2) is 48.5 Å². The Morgan fingerprint density at radius 3 is 1.43 bits per heavy atom. The van der Waals surface area contributed by atoms with Crippen LogP contribution in [0, 0.1) is 19.8 Å². The average molecular weight is 379 g/mol. The van der Waals surface area contributed by atoms with Crippen LogP contribution in [0.2, 0.25) is 0 Å². The maximum absolute atomic E-state index is 2.31. The second kappa shape index (κ2) is 13.6. The van der Waals surface area contributed by atoms with Gasteiger partial charge in [0.1, 0.15) is 0 Å². The molecule has 28 heavy (non-hydrogen) atoms. The molecule has 0 spiro atoms. The molecule has 0 unspecified atom stereocenters. The van der Waals surface area contributed by atoms with E-state index in [2.05, 4.69) is 69.3 Å². The zero-order valence-corrected chi connectivity index (χ0v) is 18.7. The minimum atomic E-state index is 0.914. The summed E-state index contributed by atoms with van der Waals surface area (Å²) in [5.41, 5.74) is 5.74. The molecule has 0 atom stereocenters. The van der Waals surface area contributed by atoms with Crippen molar-refractivity contribution in [2.24, 2.45) is 5.92 Å². The quantitative estimate of drug-likeness (QED) is 0.289. The molecule has 0 amide bonds. The van der Waals surface area contributed by atoms with E-state index >= 15 is 0 Å². The normalized spacial score (nSPS) is 11.3. The number of unbranched alkanes of at least 4 members (excludes halogenated alkanes) is 4. The number of benzene rings is 2. The molecule has 0 aliphatic heterocycles. The smallest absolute Gasteiger partial charge is 0.0279 e. The lowest BCUT2D eigenvalue weighted by Crippen LogP contribution is -2.03. The molecule has 0 heteroatoms. The Hall–Kier alpha value is -1.56. The van der Waals surface area contributed by atoms with Gasteiger partial charge in [-0.3, -0.25) is 0 Å². The van der Waals surface area contributed by atoms with Gasteiger partial charge in [-0.1, -0.05) is 118 Å². The summed E-state index contributed by atoms with van der Waals surface area (Å²) in [7, 11) is 0. The summed E-state index contributed by atoms with van der Waals surface area (Å²) in [6.07, 6.45) is 16.4. The first kappa shape index (κ1) is 22.7. The van der Waals surface area contributed by atoms with Crippen LogP contribution in [0.3, 0.4) is 0 Å². The summed E-state index contributed by atoms with van der Waals surface area (Å²) in [6.45, 7) is 6.65. The third kappa shape index (κ3) is 9.58. The Morgan fingerprint density at radius 2 is 0.964 bits per heavy atom. The van der Waals surface area contributed by atoms with Crippen LogP contribution in [0.5, 0.6) is 0 Å². The summed E-state index contributed by atoms with van der Waals surface area (Å²) in [5, 5.41) is 0. The van der Waals surface area contributed by atoms with Crippen LogP contribution in [-0.2, 0) is 12.8 Å². The fraction of sp³-hybridized carbons (Fsp3) is 0.571. The van der Waals surface area contributed by atoms with Crippen LogP contribution in [0.25, 0.3) is 0 Å². The molecule has 0 N–H and O–H groups in total. The van der Waals surface area contributed by atoms with Crippen molar-refractivity contribution in [2.75, 3.05) is 0 Å². The fourth-order valence-corrected chi connectivity index (χ4v) is 4.17. The van der Waals surface area contributed by atoms with Crippen molar-refractivity contribution in [1.29, 1.82) is 0 Å². The van der Waals surface area contributed by atoms with E-state index in [1.54, 1.807) is 0 Å². The molecule has 0 bridgehead atoms. The van der Waals surface area contributed by atoms with Crippen molar-refractivity contribution in [3.05, 3.63) is 70.8 Å². The molecule has 0 aliphatic carbocycles. The van der Waals surface area contributed by atoms with Crippen molar-refractivity contribution in [2.45, 2.75) is 97.8 Å². The van der Waals surface area contributed by atoms with Gasteiger partial charge in [-0.05, 0) is 56.6 Å². The van der Waals surface area contributed by atoms with Gasteiger partial charge in [0.05, 0.1) is 0 Å². The third-order valence-corrected chi connectivity index (χ3v) is 6.11. The highest BCUT2D eigenvalue weighted by atomic mass is 14.1. The second-order valence-corrected chi connectivity index (χ2v) is 8.82. The largest absolute Gasteiger partial charge is 0.0654 e. The van der Waals surface area contributed by atoms with Crippen LogP contribution in [-0.4, -0.2) is 0 Å². The number of rotatable bonds is 14. The highest BCUT2D eigenvalue weighted by Crippen LogP contribution is 2.24. The monoisotopic (exact) mass is 378 g/mol. The standard InChI is InChI=1S/C28H42/c1-4-5-6-7-8-11-26(12-9-14-27-20-16-24(2)17-21-27)13-10-15-28-22-18-25(3)19-23-28/h16-23,26H,4-15H2,1-3H3. The highest BCUT2D eigenvalue weighted by Gasteiger charge is 2.09. The summed E-state index contributed by atoms with van der Waals surface area (Å²) in [6, 6.07) is 18.3. The van der Waals surface area contributed by atoms with E-state index < -0.39 is 0 Å². The molecule has 0 saturated carbocycles. The van der Waals surface area contributed by atoms with Gasteiger partial charge in [-0.2, -0.15) is 0 Å². The zero-order chi connectivity index (χ0) is 20.0. The van der Waals surface area contributed by atoms with Crippen molar-refractivity contribution >= 4 is 0 Å². The Balaban J connectivity index is 1.74. The van der Waals surface area contributed by atoms with E-state index in [0.29, 0.717) is 0 Å². The molecular formula is C28H42. The maximum Gasteiger partial charge on any atom is -0.0279 e. The summed E-state index contributed by atoms with van der Waals surface area (Å²) >= 11 is 0. The first-order chi connectivity index (χ1) is 13.7. The van der Waals surface area contributed by atoms with Crippen molar-refractivity contribution in [1.82, 2.24) is 0 Å². The molecular weight excluding hydrogens is 336 g/mol.